The zero-order chi connectivity index (χ0) is 18.9. The largest absolute Gasteiger partial charge is 0.341 e. The molecule has 146 valence electrons. The number of fused-ring (bicyclic) bond motifs is 3. The number of H-pyrrole nitrogens is 1. The molecule has 0 aliphatic carbocycles. The van der Waals surface area contributed by atoms with E-state index >= 15 is 0 Å². The molecule has 2 aliphatic heterocycles. The second-order valence-corrected chi connectivity index (χ2v) is 7.75. The van der Waals surface area contributed by atoms with Crippen LogP contribution in [-0.4, -0.2) is 69.2 Å². The average molecular weight is 378 g/mol. The highest BCUT2D eigenvalue weighted by atomic mass is 15.5. The predicted octanol–water partition coefficient (Wildman–Crippen LogP) is 2.43. The summed E-state index contributed by atoms with van der Waals surface area (Å²) in [6.07, 6.45) is 7.26. The molecular weight excluding hydrogens is 352 g/mol. The first kappa shape index (κ1) is 17.4. The van der Waals surface area contributed by atoms with Crippen LogP contribution in [-0.2, 0) is 7.05 Å². The van der Waals surface area contributed by atoms with Crippen molar-refractivity contribution in [2.24, 2.45) is 12.0 Å². The summed E-state index contributed by atoms with van der Waals surface area (Å²) in [5, 5.41) is 13.0. The van der Waals surface area contributed by atoms with Crippen LogP contribution in [0.1, 0.15) is 31.2 Å². The van der Waals surface area contributed by atoms with Crippen LogP contribution in [0.15, 0.2) is 23.2 Å². The molecule has 1 N–H and O–H groups in total. The molecule has 28 heavy (non-hydrogen) atoms. The van der Waals surface area contributed by atoms with Gasteiger partial charge in [-0.05, 0) is 55.4 Å². The van der Waals surface area contributed by atoms with Crippen LogP contribution in [0.2, 0.25) is 0 Å². The van der Waals surface area contributed by atoms with Gasteiger partial charge in [0.15, 0.2) is 5.82 Å². The minimum atomic E-state index is 0.722. The molecule has 0 bridgehead atoms. The molecule has 0 atom stereocenters. The number of aromatic nitrogens is 5. The number of likely N-dealkylation sites (tertiary alicyclic amines) is 1. The Bertz CT molecular complexity index is 995. The molecule has 0 amide bonds. The van der Waals surface area contributed by atoms with Crippen LogP contribution in [0, 0.1) is 0 Å². The molecule has 5 rings (SSSR count). The summed E-state index contributed by atoms with van der Waals surface area (Å²) in [6.45, 7) is 5.44. The first-order chi connectivity index (χ1) is 13.8. The van der Waals surface area contributed by atoms with E-state index in [1.54, 1.807) is 4.68 Å². The molecule has 4 heterocycles. The lowest BCUT2D eigenvalue weighted by Crippen LogP contribution is -2.34. The maximum atomic E-state index is 4.60. The van der Waals surface area contributed by atoms with Gasteiger partial charge in [0.1, 0.15) is 12.5 Å². The topological polar surface area (TPSA) is 78.2 Å². The summed E-state index contributed by atoms with van der Waals surface area (Å²) in [5.41, 5.74) is 3.29. The molecule has 2 aliphatic rings. The standard InChI is InChI=1S/C20H26N8/c1-26-19(23-24-25-26)15-6-7-16-17-13-21-14-28(20(17)22-18(16)12-15)11-5-10-27-8-3-2-4-9-27/h6-7,12-13,22H,2-5,8-11,14H2,1H3. The van der Waals surface area contributed by atoms with E-state index in [1.807, 2.05) is 13.3 Å². The number of nitrogens with one attached hydrogen (secondary N) is 1. The third-order valence-corrected chi connectivity index (χ3v) is 5.84. The fourth-order valence-corrected chi connectivity index (χ4v) is 4.35. The van der Waals surface area contributed by atoms with Gasteiger partial charge in [0.2, 0.25) is 0 Å². The van der Waals surface area contributed by atoms with Crippen LogP contribution in [0.5, 0.6) is 0 Å². The Kier molecular flexibility index (Phi) is 4.56. The van der Waals surface area contributed by atoms with Gasteiger partial charge in [-0.3, -0.25) is 4.99 Å². The molecule has 0 spiro atoms. The molecule has 8 heteroatoms. The number of rotatable bonds is 5. The Labute approximate surface area is 164 Å². The van der Waals surface area contributed by atoms with Crippen molar-refractivity contribution >= 4 is 22.9 Å². The summed E-state index contributed by atoms with van der Waals surface area (Å²) in [6, 6.07) is 6.34. The van der Waals surface area contributed by atoms with Crippen molar-refractivity contribution in [3.63, 3.8) is 0 Å². The second-order valence-electron chi connectivity index (χ2n) is 7.75. The number of aryl methyl sites for hydroxylation is 1. The number of aromatic amines is 1. The van der Waals surface area contributed by atoms with Crippen LogP contribution >= 0.6 is 0 Å². The first-order valence-electron chi connectivity index (χ1n) is 10.2. The number of tetrazole rings is 1. The summed E-state index contributed by atoms with van der Waals surface area (Å²) in [5.74, 6) is 1.94. The second kappa shape index (κ2) is 7.35. The molecule has 0 unspecified atom stereocenters. The summed E-state index contributed by atoms with van der Waals surface area (Å²) < 4.78 is 1.69. The summed E-state index contributed by atoms with van der Waals surface area (Å²) in [7, 11) is 1.86. The fraction of sp³-hybridized carbons (Fsp3) is 0.500. The van der Waals surface area contributed by atoms with E-state index in [1.165, 1.54) is 62.1 Å². The predicted molar refractivity (Wildman–Crippen MR) is 111 cm³/mol. The fourth-order valence-electron chi connectivity index (χ4n) is 4.35. The van der Waals surface area contributed by atoms with Crippen molar-refractivity contribution in [1.82, 2.24) is 30.1 Å². The van der Waals surface area contributed by atoms with Crippen molar-refractivity contribution < 1.29 is 0 Å². The molecule has 2 aromatic heterocycles. The summed E-state index contributed by atoms with van der Waals surface area (Å²) >= 11 is 0. The van der Waals surface area contributed by atoms with E-state index in [-0.39, 0.29) is 0 Å². The Morgan fingerprint density at radius 1 is 1.11 bits per heavy atom. The number of hydrogen-bond donors (Lipinski definition) is 1. The van der Waals surface area contributed by atoms with Crippen molar-refractivity contribution in [1.29, 1.82) is 0 Å². The first-order valence-corrected chi connectivity index (χ1v) is 10.2. The van der Waals surface area contributed by atoms with Crippen molar-refractivity contribution in [3.05, 3.63) is 23.8 Å². The molecule has 1 saturated heterocycles. The Morgan fingerprint density at radius 3 is 2.82 bits per heavy atom. The van der Waals surface area contributed by atoms with Gasteiger partial charge in [0.05, 0.1) is 0 Å². The summed E-state index contributed by atoms with van der Waals surface area (Å²) in [4.78, 5) is 13.2. The van der Waals surface area contributed by atoms with Gasteiger partial charge in [-0.1, -0.05) is 18.6 Å². The van der Waals surface area contributed by atoms with Gasteiger partial charge in [-0.15, -0.1) is 5.10 Å². The number of nitrogens with zero attached hydrogens (tertiary/aromatic N) is 7. The SMILES string of the molecule is Cn1nnnc1-c1ccc2c3c([nH]c2c1)N(CCCN1CCCCC1)CN=C3. The average Bonchev–Trinajstić information content (AvgIpc) is 3.32. The van der Waals surface area contributed by atoms with E-state index in [0.717, 1.165) is 30.1 Å². The lowest BCUT2D eigenvalue weighted by molar-refractivity contribution is 0.227. The smallest absolute Gasteiger partial charge is 0.181 e. The zero-order valence-corrected chi connectivity index (χ0v) is 16.3. The van der Waals surface area contributed by atoms with Gasteiger partial charge >= 0.3 is 0 Å². The number of benzene rings is 1. The van der Waals surface area contributed by atoms with Crippen LogP contribution in [0.3, 0.4) is 0 Å². The van der Waals surface area contributed by atoms with Gasteiger partial charge in [0.25, 0.3) is 0 Å². The quantitative estimate of drug-likeness (QED) is 0.738. The van der Waals surface area contributed by atoms with Crippen molar-refractivity contribution in [2.75, 3.05) is 37.7 Å². The van der Waals surface area contributed by atoms with E-state index in [0.29, 0.717) is 0 Å². The lowest BCUT2D eigenvalue weighted by atomic mass is 10.1. The Morgan fingerprint density at radius 2 is 2.00 bits per heavy atom. The van der Waals surface area contributed by atoms with Gasteiger partial charge < -0.3 is 14.8 Å². The molecule has 0 radical (unpaired) electrons. The third kappa shape index (κ3) is 3.17. The third-order valence-electron chi connectivity index (χ3n) is 5.84. The Hall–Kier alpha value is -2.74. The van der Waals surface area contributed by atoms with E-state index in [9.17, 15) is 0 Å². The molecular formula is C20H26N8. The highest BCUT2D eigenvalue weighted by Gasteiger charge is 2.20. The van der Waals surface area contributed by atoms with Gasteiger partial charge in [0, 0.05) is 41.8 Å². The van der Waals surface area contributed by atoms with E-state index in [4.69, 9.17) is 0 Å². The van der Waals surface area contributed by atoms with Crippen molar-refractivity contribution in [3.8, 4) is 11.4 Å². The number of aliphatic imine (C=N–C) groups is 1. The maximum absolute atomic E-state index is 4.60. The van der Waals surface area contributed by atoms with Crippen LogP contribution in [0.25, 0.3) is 22.3 Å². The normalized spacial score (nSPS) is 17.4. The number of anilines is 1. The Balaban J connectivity index is 1.36. The van der Waals surface area contributed by atoms with E-state index in [2.05, 4.69) is 53.5 Å². The van der Waals surface area contributed by atoms with E-state index < -0.39 is 0 Å². The molecule has 8 nitrogen and oxygen atoms in total. The lowest BCUT2D eigenvalue weighted by Gasteiger charge is -2.29. The number of piperidine rings is 1. The molecule has 3 aromatic rings. The maximum Gasteiger partial charge on any atom is 0.181 e. The van der Waals surface area contributed by atoms with Gasteiger partial charge in [-0.25, -0.2) is 4.68 Å². The minimum absolute atomic E-state index is 0.722. The monoisotopic (exact) mass is 378 g/mol. The molecule has 1 aromatic carbocycles. The highest BCUT2D eigenvalue weighted by molar-refractivity contribution is 6.06. The number of hydrogen-bond acceptors (Lipinski definition) is 6. The highest BCUT2D eigenvalue weighted by Crippen LogP contribution is 2.32. The van der Waals surface area contributed by atoms with Gasteiger partial charge in [-0.2, -0.15) is 0 Å². The van der Waals surface area contributed by atoms with Crippen molar-refractivity contribution in [2.45, 2.75) is 25.7 Å². The van der Waals surface area contributed by atoms with Crippen LogP contribution in [0.4, 0.5) is 5.82 Å². The zero-order valence-electron chi connectivity index (χ0n) is 16.3. The van der Waals surface area contributed by atoms with Crippen LogP contribution < -0.4 is 4.90 Å². The molecule has 1 fully saturated rings. The minimum Gasteiger partial charge on any atom is -0.341 e. The molecule has 0 saturated carbocycles.